The van der Waals surface area contributed by atoms with Crippen LogP contribution < -0.4 is 10.2 Å². The number of likely N-dealkylation sites (tertiary alicyclic amines) is 1. The van der Waals surface area contributed by atoms with Gasteiger partial charge in [-0.2, -0.15) is 0 Å². The Morgan fingerprint density at radius 3 is 2.64 bits per heavy atom. The van der Waals surface area contributed by atoms with Crippen LogP contribution in [0.2, 0.25) is 0 Å². The maximum atomic E-state index is 13.3. The SMILES string of the molecule is Cc1ccc(C)c(NC(=O)[C@@H](c2ccccc2)[NH+]2CCC[C@H](C)C2)c1. The van der Waals surface area contributed by atoms with Crippen molar-refractivity contribution < 1.29 is 9.69 Å². The number of anilines is 1. The highest BCUT2D eigenvalue weighted by Gasteiger charge is 2.34. The fourth-order valence-electron chi connectivity index (χ4n) is 3.88. The average Bonchev–Trinajstić information content (AvgIpc) is 2.59. The van der Waals surface area contributed by atoms with Crippen LogP contribution in [0.4, 0.5) is 5.69 Å². The van der Waals surface area contributed by atoms with Crippen LogP contribution in [0.5, 0.6) is 0 Å². The molecule has 132 valence electrons. The predicted molar refractivity (Wildman–Crippen MR) is 103 cm³/mol. The first-order valence-electron chi connectivity index (χ1n) is 9.32. The van der Waals surface area contributed by atoms with Gasteiger partial charge in [-0.05, 0) is 43.9 Å². The molecule has 0 aromatic heterocycles. The standard InChI is InChI=1S/C22H28N2O/c1-16-11-12-18(3)20(14-16)23-22(25)21(19-9-5-4-6-10-19)24-13-7-8-17(2)15-24/h4-6,9-12,14,17,21H,7-8,13,15H2,1-3H3,(H,23,25)/p+1/t17-,21+/m0/s1. The van der Waals surface area contributed by atoms with Crippen LogP contribution in [0.3, 0.4) is 0 Å². The number of benzene rings is 2. The summed E-state index contributed by atoms with van der Waals surface area (Å²) in [6, 6.07) is 16.3. The highest BCUT2D eigenvalue weighted by molar-refractivity contribution is 5.95. The van der Waals surface area contributed by atoms with E-state index in [1.165, 1.54) is 17.7 Å². The van der Waals surface area contributed by atoms with Crippen molar-refractivity contribution in [3.8, 4) is 0 Å². The molecule has 3 rings (SSSR count). The van der Waals surface area contributed by atoms with Crippen LogP contribution >= 0.6 is 0 Å². The summed E-state index contributed by atoms with van der Waals surface area (Å²) in [5.74, 6) is 0.771. The van der Waals surface area contributed by atoms with E-state index in [9.17, 15) is 4.79 Å². The Morgan fingerprint density at radius 2 is 1.92 bits per heavy atom. The van der Waals surface area contributed by atoms with E-state index in [4.69, 9.17) is 0 Å². The number of rotatable bonds is 4. The van der Waals surface area contributed by atoms with Gasteiger partial charge in [0.25, 0.3) is 5.91 Å². The third-order valence-electron chi connectivity index (χ3n) is 5.26. The van der Waals surface area contributed by atoms with Crippen molar-refractivity contribution in [3.05, 3.63) is 65.2 Å². The molecule has 1 aliphatic heterocycles. The van der Waals surface area contributed by atoms with Gasteiger partial charge in [-0.1, -0.05) is 49.4 Å². The van der Waals surface area contributed by atoms with Gasteiger partial charge < -0.3 is 10.2 Å². The first-order chi connectivity index (χ1) is 12.0. The highest BCUT2D eigenvalue weighted by Crippen LogP contribution is 2.20. The van der Waals surface area contributed by atoms with Crippen molar-refractivity contribution in [3.63, 3.8) is 0 Å². The minimum atomic E-state index is -0.149. The first kappa shape index (κ1) is 17.7. The molecule has 3 nitrogen and oxygen atoms in total. The molecule has 1 amide bonds. The summed E-state index contributed by atoms with van der Waals surface area (Å²) in [5.41, 5.74) is 4.30. The molecule has 25 heavy (non-hydrogen) atoms. The van der Waals surface area contributed by atoms with Gasteiger partial charge in [0.15, 0.2) is 6.04 Å². The second-order valence-electron chi connectivity index (χ2n) is 7.51. The van der Waals surface area contributed by atoms with E-state index in [0.717, 1.165) is 35.5 Å². The number of piperidine rings is 1. The molecule has 2 N–H and O–H groups in total. The Balaban J connectivity index is 1.88. The van der Waals surface area contributed by atoms with Gasteiger partial charge in [-0.15, -0.1) is 0 Å². The number of hydrogen-bond acceptors (Lipinski definition) is 1. The van der Waals surface area contributed by atoms with Crippen molar-refractivity contribution in [2.45, 2.75) is 39.7 Å². The zero-order valence-corrected chi connectivity index (χ0v) is 15.5. The van der Waals surface area contributed by atoms with Crippen LogP contribution in [0.25, 0.3) is 0 Å². The lowest BCUT2D eigenvalue weighted by Gasteiger charge is -2.33. The van der Waals surface area contributed by atoms with E-state index in [0.29, 0.717) is 5.92 Å². The third kappa shape index (κ3) is 4.29. The van der Waals surface area contributed by atoms with Crippen molar-refractivity contribution >= 4 is 11.6 Å². The number of aryl methyl sites for hydroxylation is 2. The zero-order valence-electron chi connectivity index (χ0n) is 15.5. The summed E-state index contributed by atoms with van der Waals surface area (Å²) >= 11 is 0. The molecule has 1 fully saturated rings. The van der Waals surface area contributed by atoms with Gasteiger partial charge in [0.05, 0.1) is 13.1 Å². The third-order valence-corrected chi connectivity index (χ3v) is 5.26. The van der Waals surface area contributed by atoms with Crippen molar-refractivity contribution in [1.82, 2.24) is 0 Å². The zero-order chi connectivity index (χ0) is 17.8. The fraction of sp³-hybridized carbons (Fsp3) is 0.409. The van der Waals surface area contributed by atoms with E-state index in [-0.39, 0.29) is 11.9 Å². The quantitative estimate of drug-likeness (QED) is 0.882. The Bertz CT molecular complexity index is 726. The molecule has 3 atom stereocenters. The van der Waals surface area contributed by atoms with Crippen LogP contribution in [-0.2, 0) is 4.79 Å². The van der Waals surface area contributed by atoms with Gasteiger partial charge in [-0.25, -0.2) is 0 Å². The van der Waals surface area contributed by atoms with E-state index < -0.39 is 0 Å². The number of quaternary nitrogens is 1. The molecule has 3 heteroatoms. The second kappa shape index (κ2) is 7.83. The largest absolute Gasteiger partial charge is 0.321 e. The highest BCUT2D eigenvalue weighted by atomic mass is 16.2. The summed E-state index contributed by atoms with van der Waals surface area (Å²) in [6.45, 7) is 8.51. The van der Waals surface area contributed by atoms with Crippen molar-refractivity contribution in [2.24, 2.45) is 5.92 Å². The normalized spacial score (nSPS) is 21.6. The molecule has 1 unspecified atom stereocenters. The van der Waals surface area contributed by atoms with Crippen LogP contribution in [0.1, 0.15) is 42.5 Å². The lowest BCUT2D eigenvalue weighted by Crippen LogP contribution is -3.14. The van der Waals surface area contributed by atoms with Gasteiger partial charge in [-0.3, -0.25) is 4.79 Å². The van der Waals surface area contributed by atoms with E-state index in [1.807, 2.05) is 25.1 Å². The van der Waals surface area contributed by atoms with Gasteiger partial charge >= 0.3 is 0 Å². The summed E-state index contributed by atoms with van der Waals surface area (Å²) in [4.78, 5) is 14.6. The van der Waals surface area contributed by atoms with Gasteiger partial charge in [0.2, 0.25) is 0 Å². The average molecular weight is 337 g/mol. The Morgan fingerprint density at radius 1 is 1.16 bits per heavy atom. The fourth-order valence-corrected chi connectivity index (χ4v) is 3.88. The van der Waals surface area contributed by atoms with E-state index >= 15 is 0 Å². The van der Waals surface area contributed by atoms with Crippen molar-refractivity contribution in [2.75, 3.05) is 18.4 Å². The Kier molecular flexibility index (Phi) is 5.54. The smallest absolute Gasteiger partial charge is 0.287 e. The summed E-state index contributed by atoms with van der Waals surface area (Å²) in [7, 11) is 0. The number of amides is 1. The molecule has 0 aliphatic carbocycles. The molecule has 1 aliphatic rings. The molecular formula is C22H29N2O+. The molecular weight excluding hydrogens is 308 g/mol. The van der Waals surface area contributed by atoms with Crippen LogP contribution in [0, 0.1) is 19.8 Å². The molecule has 0 spiro atoms. The number of nitrogens with one attached hydrogen (secondary N) is 2. The minimum Gasteiger partial charge on any atom is -0.321 e. The minimum absolute atomic E-state index is 0.101. The Hall–Kier alpha value is -2.13. The van der Waals surface area contributed by atoms with E-state index in [1.54, 1.807) is 0 Å². The number of hydrogen-bond donors (Lipinski definition) is 2. The Labute approximate surface area is 151 Å². The van der Waals surface area contributed by atoms with Gasteiger partial charge in [0, 0.05) is 17.2 Å². The summed E-state index contributed by atoms with van der Waals surface area (Å²) in [6.07, 6.45) is 2.46. The van der Waals surface area contributed by atoms with E-state index in [2.05, 4.69) is 49.5 Å². The van der Waals surface area contributed by atoms with Gasteiger partial charge in [0.1, 0.15) is 0 Å². The summed E-state index contributed by atoms with van der Waals surface area (Å²) in [5, 5.41) is 3.20. The summed E-state index contributed by atoms with van der Waals surface area (Å²) < 4.78 is 0. The maximum absolute atomic E-state index is 13.3. The molecule has 1 saturated heterocycles. The predicted octanol–water partition coefficient (Wildman–Crippen LogP) is 3.30. The van der Waals surface area contributed by atoms with Crippen LogP contribution in [0.15, 0.2) is 48.5 Å². The molecule has 0 saturated carbocycles. The topological polar surface area (TPSA) is 33.5 Å². The molecule has 2 aromatic rings. The molecule has 0 bridgehead atoms. The second-order valence-corrected chi connectivity index (χ2v) is 7.51. The number of carbonyl (C=O) groups excluding carboxylic acids is 1. The lowest BCUT2D eigenvalue weighted by molar-refractivity contribution is -0.929. The van der Waals surface area contributed by atoms with Crippen molar-refractivity contribution in [1.29, 1.82) is 0 Å². The van der Waals surface area contributed by atoms with Crippen LogP contribution in [-0.4, -0.2) is 19.0 Å². The molecule has 2 aromatic carbocycles. The molecule has 0 radical (unpaired) electrons. The lowest BCUT2D eigenvalue weighted by atomic mass is 9.95. The monoisotopic (exact) mass is 337 g/mol. The first-order valence-corrected chi connectivity index (χ1v) is 9.32. The maximum Gasteiger partial charge on any atom is 0.287 e. The molecule has 1 heterocycles. The number of carbonyl (C=O) groups is 1.